The van der Waals surface area contributed by atoms with Crippen LogP contribution in [0.5, 0.6) is 0 Å². The maximum absolute atomic E-state index is 12.7. The van der Waals surface area contributed by atoms with Gasteiger partial charge in [0.1, 0.15) is 5.82 Å². The predicted molar refractivity (Wildman–Crippen MR) is 105 cm³/mol. The highest BCUT2D eigenvalue weighted by atomic mass is 16.1. The number of carbonyl (C=O) groups excluding carboxylic acids is 1. The molecule has 132 valence electrons. The average Bonchev–Trinajstić information content (AvgIpc) is 2.60. The zero-order valence-electron chi connectivity index (χ0n) is 14.9. The molecule has 26 heavy (non-hydrogen) atoms. The van der Waals surface area contributed by atoms with Crippen molar-refractivity contribution >= 4 is 22.5 Å². The van der Waals surface area contributed by atoms with E-state index in [-0.39, 0.29) is 11.9 Å². The molecule has 1 atom stereocenters. The summed E-state index contributed by atoms with van der Waals surface area (Å²) in [5.74, 6) is 1.02. The van der Waals surface area contributed by atoms with Gasteiger partial charge in [-0.25, -0.2) is 4.98 Å². The molecule has 1 heterocycles. The van der Waals surface area contributed by atoms with Gasteiger partial charge in [0.25, 0.3) is 5.91 Å². The summed E-state index contributed by atoms with van der Waals surface area (Å²) in [5.41, 5.74) is 8.82. The van der Waals surface area contributed by atoms with Crippen molar-refractivity contribution in [1.82, 2.24) is 10.3 Å². The van der Waals surface area contributed by atoms with E-state index in [2.05, 4.69) is 34.6 Å². The van der Waals surface area contributed by atoms with E-state index in [0.29, 0.717) is 17.3 Å². The van der Waals surface area contributed by atoms with Crippen LogP contribution in [0.2, 0.25) is 0 Å². The van der Waals surface area contributed by atoms with Crippen LogP contribution in [-0.4, -0.2) is 10.9 Å². The van der Waals surface area contributed by atoms with Crippen molar-refractivity contribution in [2.24, 2.45) is 0 Å². The topological polar surface area (TPSA) is 68.0 Å². The maximum atomic E-state index is 12.7. The van der Waals surface area contributed by atoms with Crippen LogP contribution in [0.15, 0.2) is 54.7 Å². The van der Waals surface area contributed by atoms with Crippen LogP contribution >= 0.6 is 0 Å². The Balaban J connectivity index is 1.58. The number of nitrogens with two attached hydrogens (primary N) is 1. The minimum absolute atomic E-state index is 0.100. The van der Waals surface area contributed by atoms with Gasteiger partial charge in [-0.15, -0.1) is 0 Å². The minimum atomic E-state index is -0.201. The van der Waals surface area contributed by atoms with Crippen molar-refractivity contribution in [3.63, 3.8) is 0 Å². The summed E-state index contributed by atoms with van der Waals surface area (Å²) in [6.45, 7) is 1.92. The van der Waals surface area contributed by atoms with Crippen LogP contribution in [0.25, 0.3) is 10.8 Å². The smallest absolute Gasteiger partial charge is 0.251 e. The Labute approximate surface area is 153 Å². The molecule has 3 aromatic rings. The number of benzene rings is 2. The zero-order valence-corrected chi connectivity index (χ0v) is 14.9. The summed E-state index contributed by atoms with van der Waals surface area (Å²) in [6, 6.07) is 15.9. The van der Waals surface area contributed by atoms with Crippen molar-refractivity contribution in [3.05, 3.63) is 71.4 Å². The first-order chi connectivity index (χ1) is 12.6. The number of nitrogens with zero attached hydrogens (tertiary/aromatic N) is 1. The summed E-state index contributed by atoms with van der Waals surface area (Å²) in [4.78, 5) is 16.8. The molecule has 3 N–H and O–H groups in total. The van der Waals surface area contributed by atoms with Crippen molar-refractivity contribution in [2.75, 3.05) is 5.73 Å². The fourth-order valence-corrected chi connectivity index (χ4v) is 3.68. The van der Waals surface area contributed by atoms with E-state index in [0.717, 1.165) is 10.9 Å². The van der Waals surface area contributed by atoms with Gasteiger partial charge >= 0.3 is 0 Å². The molecular formula is C22H23N3O. The highest BCUT2D eigenvalue weighted by Gasteiger charge is 2.21. The number of nitrogens with one attached hydrogen (secondary N) is 1. The molecule has 1 aliphatic carbocycles. The average molecular weight is 345 g/mol. The number of carbonyl (C=O) groups is 1. The molecule has 4 nitrogen and oxygen atoms in total. The highest BCUT2D eigenvalue weighted by Crippen LogP contribution is 2.39. The third kappa shape index (κ3) is 3.03. The van der Waals surface area contributed by atoms with Crippen molar-refractivity contribution in [1.29, 1.82) is 0 Å². The lowest BCUT2D eigenvalue weighted by atomic mass is 9.78. The number of fused-ring (bicyclic) bond motifs is 1. The molecule has 0 aliphatic heterocycles. The van der Waals surface area contributed by atoms with Gasteiger partial charge in [0.2, 0.25) is 0 Å². The van der Waals surface area contributed by atoms with Gasteiger partial charge in [0, 0.05) is 17.3 Å². The van der Waals surface area contributed by atoms with Crippen LogP contribution in [-0.2, 0) is 0 Å². The summed E-state index contributed by atoms with van der Waals surface area (Å²) in [7, 11) is 0. The van der Waals surface area contributed by atoms with Gasteiger partial charge < -0.3 is 11.1 Å². The number of rotatable bonds is 4. The first-order valence-electron chi connectivity index (χ1n) is 9.17. The molecule has 0 saturated heterocycles. The Hall–Kier alpha value is -2.88. The van der Waals surface area contributed by atoms with Crippen LogP contribution in [0.1, 0.15) is 59.6 Å². The Morgan fingerprint density at radius 2 is 2.04 bits per heavy atom. The largest absolute Gasteiger partial charge is 0.383 e. The van der Waals surface area contributed by atoms with E-state index in [1.165, 1.54) is 30.2 Å². The Morgan fingerprint density at radius 1 is 1.19 bits per heavy atom. The molecule has 1 amide bonds. The molecular weight excluding hydrogens is 322 g/mol. The van der Waals surface area contributed by atoms with Gasteiger partial charge in [0.15, 0.2) is 0 Å². The van der Waals surface area contributed by atoms with Crippen molar-refractivity contribution in [2.45, 2.75) is 38.1 Å². The lowest BCUT2D eigenvalue weighted by Crippen LogP contribution is -2.27. The number of aromatic nitrogens is 1. The van der Waals surface area contributed by atoms with E-state index in [9.17, 15) is 4.79 Å². The summed E-state index contributed by atoms with van der Waals surface area (Å²) in [6.07, 6.45) is 5.50. The van der Waals surface area contributed by atoms with E-state index in [4.69, 9.17) is 5.73 Å². The standard InChI is InChI=1S/C22H23N3O/c1-14(18-9-4-12-24-21(18)23)25-22(26)17-10-11-20-16(13-17)7-3-8-19(20)15-5-2-6-15/h3-4,7-15H,2,5-6H2,1H3,(H2,23,24)(H,25,26). The number of hydrogen-bond donors (Lipinski definition) is 2. The number of pyridine rings is 1. The van der Waals surface area contributed by atoms with Crippen LogP contribution in [0.4, 0.5) is 5.82 Å². The molecule has 4 rings (SSSR count). The lowest BCUT2D eigenvalue weighted by molar-refractivity contribution is 0.0940. The third-order valence-electron chi connectivity index (χ3n) is 5.41. The van der Waals surface area contributed by atoms with Crippen LogP contribution < -0.4 is 11.1 Å². The molecule has 0 bridgehead atoms. The number of hydrogen-bond acceptors (Lipinski definition) is 3. The second-order valence-corrected chi connectivity index (χ2v) is 7.08. The molecule has 1 saturated carbocycles. The van der Waals surface area contributed by atoms with E-state index < -0.39 is 0 Å². The quantitative estimate of drug-likeness (QED) is 0.727. The Morgan fingerprint density at radius 3 is 2.77 bits per heavy atom. The number of amides is 1. The maximum Gasteiger partial charge on any atom is 0.251 e. The van der Waals surface area contributed by atoms with Crippen molar-refractivity contribution < 1.29 is 4.79 Å². The molecule has 1 aliphatic rings. The fraction of sp³-hybridized carbons (Fsp3) is 0.273. The van der Waals surface area contributed by atoms with E-state index in [1.54, 1.807) is 6.20 Å². The van der Waals surface area contributed by atoms with Crippen LogP contribution in [0.3, 0.4) is 0 Å². The molecule has 2 aromatic carbocycles. The van der Waals surface area contributed by atoms with Gasteiger partial charge in [-0.3, -0.25) is 4.79 Å². The third-order valence-corrected chi connectivity index (χ3v) is 5.41. The second kappa shape index (κ2) is 6.79. The minimum Gasteiger partial charge on any atom is -0.383 e. The zero-order chi connectivity index (χ0) is 18.1. The van der Waals surface area contributed by atoms with Gasteiger partial charge in [-0.05, 0) is 60.2 Å². The molecule has 0 radical (unpaired) electrons. The predicted octanol–water partition coefficient (Wildman–Crippen LogP) is 4.58. The molecule has 1 fully saturated rings. The first kappa shape index (κ1) is 16.6. The summed E-state index contributed by atoms with van der Waals surface area (Å²) < 4.78 is 0. The van der Waals surface area contributed by atoms with E-state index in [1.807, 2.05) is 31.2 Å². The first-order valence-corrected chi connectivity index (χ1v) is 9.17. The monoisotopic (exact) mass is 345 g/mol. The molecule has 4 heteroatoms. The Kier molecular flexibility index (Phi) is 4.33. The second-order valence-electron chi connectivity index (χ2n) is 7.08. The Bertz CT molecular complexity index is 963. The molecule has 1 aromatic heterocycles. The summed E-state index contributed by atoms with van der Waals surface area (Å²) in [5, 5.41) is 5.40. The SMILES string of the molecule is CC(NC(=O)c1ccc2c(C3CCC3)cccc2c1)c1cccnc1N. The highest BCUT2D eigenvalue weighted by molar-refractivity contribution is 5.99. The molecule has 0 spiro atoms. The number of nitrogen functional groups attached to an aromatic ring is 1. The molecule has 1 unspecified atom stereocenters. The van der Waals surface area contributed by atoms with E-state index >= 15 is 0 Å². The van der Waals surface area contributed by atoms with Crippen LogP contribution in [0, 0.1) is 0 Å². The summed E-state index contributed by atoms with van der Waals surface area (Å²) >= 11 is 0. The lowest BCUT2D eigenvalue weighted by Gasteiger charge is -2.27. The van der Waals surface area contributed by atoms with Gasteiger partial charge in [-0.1, -0.05) is 36.8 Å². The van der Waals surface area contributed by atoms with Crippen molar-refractivity contribution in [3.8, 4) is 0 Å². The van der Waals surface area contributed by atoms with Gasteiger partial charge in [0.05, 0.1) is 6.04 Å². The van der Waals surface area contributed by atoms with Gasteiger partial charge in [-0.2, -0.15) is 0 Å². The number of anilines is 1. The fourth-order valence-electron chi connectivity index (χ4n) is 3.68. The normalized spacial score (nSPS) is 15.4.